The molecule has 8 heteroatoms. The standard InChI is InChI=1S/C15H20F3NO4/c1-9(19-14(21)15(16,17)18)6-11-8-12(22-2)10(4-5-20)7-13(11)23-3/h7-9,20H,4-6H2,1-3H3,(H,19,21). The highest BCUT2D eigenvalue weighted by Gasteiger charge is 2.39. The maximum atomic E-state index is 12.3. The maximum absolute atomic E-state index is 12.3. The van der Waals surface area contributed by atoms with Gasteiger partial charge in [-0.1, -0.05) is 0 Å². The number of aliphatic hydroxyl groups is 1. The van der Waals surface area contributed by atoms with Gasteiger partial charge in [0.05, 0.1) is 14.2 Å². The van der Waals surface area contributed by atoms with Crippen LogP contribution in [-0.4, -0.2) is 44.1 Å². The lowest BCUT2D eigenvalue weighted by Crippen LogP contribution is -2.42. The Labute approximate surface area is 132 Å². The van der Waals surface area contributed by atoms with Gasteiger partial charge >= 0.3 is 12.1 Å². The van der Waals surface area contributed by atoms with E-state index in [4.69, 9.17) is 14.6 Å². The molecule has 0 saturated carbocycles. The summed E-state index contributed by atoms with van der Waals surface area (Å²) in [4.78, 5) is 11.0. The summed E-state index contributed by atoms with van der Waals surface area (Å²) < 4.78 is 47.3. The van der Waals surface area contributed by atoms with Crippen molar-refractivity contribution in [2.24, 2.45) is 0 Å². The highest BCUT2D eigenvalue weighted by molar-refractivity contribution is 5.81. The van der Waals surface area contributed by atoms with Crippen molar-refractivity contribution in [3.8, 4) is 11.5 Å². The molecule has 0 aliphatic heterocycles. The molecule has 1 aromatic rings. The van der Waals surface area contributed by atoms with E-state index in [0.29, 0.717) is 23.5 Å². The van der Waals surface area contributed by atoms with Crippen LogP contribution in [0.2, 0.25) is 0 Å². The number of nitrogens with one attached hydrogen (secondary N) is 1. The van der Waals surface area contributed by atoms with Crippen LogP contribution in [0.15, 0.2) is 12.1 Å². The van der Waals surface area contributed by atoms with Crippen molar-refractivity contribution in [1.29, 1.82) is 0 Å². The minimum atomic E-state index is -4.92. The number of ether oxygens (including phenoxy) is 2. The minimum Gasteiger partial charge on any atom is -0.496 e. The molecule has 23 heavy (non-hydrogen) atoms. The van der Waals surface area contributed by atoms with Crippen LogP contribution >= 0.6 is 0 Å². The van der Waals surface area contributed by atoms with Gasteiger partial charge in [0.1, 0.15) is 11.5 Å². The van der Waals surface area contributed by atoms with Crippen molar-refractivity contribution >= 4 is 5.91 Å². The molecular weight excluding hydrogens is 315 g/mol. The van der Waals surface area contributed by atoms with Gasteiger partial charge in [-0.2, -0.15) is 13.2 Å². The Kier molecular flexibility index (Phi) is 6.68. The van der Waals surface area contributed by atoms with Crippen LogP contribution in [0.25, 0.3) is 0 Å². The van der Waals surface area contributed by atoms with Gasteiger partial charge in [0.15, 0.2) is 0 Å². The van der Waals surface area contributed by atoms with E-state index >= 15 is 0 Å². The van der Waals surface area contributed by atoms with Crippen LogP contribution in [0, 0.1) is 0 Å². The summed E-state index contributed by atoms with van der Waals surface area (Å²) in [7, 11) is 2.90. The van der Waals surface area contributed by atoms with E-state index in [1.165, 1.54) is 21.1 Å². The second kappa shape index (κ2) is 8.05. The average molecular weight is 335 g/mol. The van der Waals surface area contributed by atoms with Gasteiger partial charge in [-0.25, -0.2) is 0 Å². The third-order valence-electron chi connectivity index (χ3n) is 3.23. The molecule has 1 unspecified atom stereocenters. The number of hydrogen-bond acceptors (Lipinski definition) is 4. The van der Waals surface area contributed by atoms with Crippen molar-refractivity contribution < 1.29 is 32.5 Å². The second-order valence-corrected chi connectivity index (χ2v) is 5.03. The molecule has 0 heterocycles. The first-order valence-corrected chi connectivity index (χ1v) is 6.95. The number of alkyl halides is 3. The van der Waals surface area contributed by atoms with Crippen molar-refractivity contribution in [2.45, 2.75) is 32.0 Å². The Morgan fingerprint density at radius 1 is 1.22 bits per heavy atom. The highest BCUT2D eigenvalue weighted by Crippen LogP contribution is 2.30. The third-order valence-corrected chi connectivity index (χ3v) is 3.23. The Bertz CT molecular complexity index is 546. The molecule has 0 spiro atoms. The molecular formula is C15H20F3NO4. The number of amides is 1. The number of halogens is 3. The maximum Gasteiger partial charge on any atom is 0.471 e. The predicted octanol–water partition coefficient (Wildman–Crippen LogP) is 1.85. The van der Waals surface area contributed by atoms with Crippen LogP contribution in [0.4, 0.5) is 13.2 Å². The summed E-state index contributed by atoms with van der Waals surface area (Å²) in [5.74, 6) is -1.01. The molecule has 1 atom stereocenters. The fourth-order valence-electron chi connectivity index (χ4n) is 2.19. The first kappa shape index (κ1) is 19.1. The van der Waals surface area contributed by atoms with Crippen LogP contribution in [0.3, 0.4) is 0 Å². The largest absolute Gasteiger partial charge is 0.496 e. The lowest BCUT2D eigenvalue weighted by atomic mass is 10.0. The molecule has 0 aliphatic rings. The van der Waals surface area contributed by atoms with Crippen molar-refractivity contribution in [3.63, 3.8) is 0 Å². The lowest BCUT2D eigenvalue weighted by molar-refractivity contribution is -0.174. The van der Waals surface area contributed by atoms with E-state index < -0.39 is 18.1 Å². The molecule has 5 nitrogen and oxygen atoms in total. The van der Waals surface area contributed by atoms with E-state index in [2.05, 4.69) is 0 Å². The smallest absolute Gasteiger partial charge is 0.471 e. The zero-order valence-corrected chi connectivity index (χ0v) is 13.2. The number of carbonyl (C=O) groups is 1. The number of aliphatic hydroxyl groups excluding tert-OH is 1. The van der Waals surface area contributed by atoms with Gasteiger partial charge < -0.3 is 19.9 Å². The van der Waals surface area contributed by atoms with Crippen molar-refractivity contribution in [3.05, 3.63) is 23.3 Å². The third kappa shape index (κ3) is 5.31. The topological polar surface area (TPSA) is 67.8 Å². The molecule has 2 N–H and O–H groups in total. The summed E-state index contributed by atoms with van der Waals surface area (Å²) >= 11 is 0. The number of hydrogen-bond donors (Lipinski definition) is 2. The highest BCUT2D eigenvalue weighted by atomic mass is 19.4. The van der Waals surface area contributed by atoms with E-state index in [9.17, 15) is 18.0 Å². The molecule has 0 radical (unpaired) electrons. The first-order valence-electron chi connectivity index (χ1n) is 6.95. The van der Waals surface area contributed by atoms with Gasteiger partial charge in [-0.05, 0) is 37.5 Å². The van der Waals surface area contributed by atoms with Crippen molar-refractivity contribution in [2.75, 3.05) is 20.8 Å². The quantitative estimate of drug-likeness (QED) is 0.798. The molecule has 0 bridgehead atoms. The minimum absolute atomic E-state index is 0.0725. The SMILES string of the molecule is COc1cc(CC(C)NC(=O)C(F)(F)F)c(OC)cc1CCO. The van der Waals surface area contributed by atoms with Gasteiger partial charge in [-0.15, -0.1) is 0 Å². The van der Waals surface area contributed by atoms with Gasteiger partial charge in [-0.3, -0.25) is 4.79 Å². The number of rotatable bonds is 7. The zero-order valence-electron chi connectivity index (χ0n) is 13.2. The van der Waals surface area contributed by atoms with Gasteiger partial charge in [0, 0.05) is 18.2 Å². The number of methoxy groups -OCH3 is 2. The molecule has 0 aromatic heterocycles. The van der Waals surface area contributed by atoms with Crippen LogP contribution in [0.1, 0.15) is 18.1 Å². The predicted molar refractivity (Wildman–Crippen MR) is 77.7 cm³/mol. The molecule has 1 rings (SSSR count). The van der Waals surface area contributed by atoms with E-state index in [1.54, 1.807) is 12.1 Å². The molecule has 1 amide bonds. The summed E-state index contributed by atoms with van der Waals surface area (Å²) in [6.45, 7) is 1.40. The average Bonchev–Trinajstić information content (AvgIpc) is 2.47. The molecule has 130 valence electrons. The van der Waals surface area contributed by atoms with Gasteiger partial charge in [0.2, 0.25) is 0 Å². The fraction of sp³-hybridized carbons (Fsp3) is 0.533. The summed E-state index contributed by atoms with van der Waals surface area (Å²) in [5.41, 5.74) is 1.32. The fourth-order valence-corrected chi connectivity index (χ4v) is 2.19. The normalized spacial score (nSPS) is 12.7. The van der Waals surface area contributed by atoms with E-state index in [0.717, 1.165) is 5.56 Å². The molecule has 1 aromatic carbocycles. The molecule has 0 saturated heterocycles. The van der Waals surface area contributed by atoms with Crippen LogP contribution < -0.4 is 14.8 Å². The summed E-state index contributed by atoms with van der Waals surface area (Å²) in [6, 6.07) is 2.56. The zero-order chi connectivity index (χ0) is 17.6. The Balaban J connectivity index is 2.96. The van der Waals surface area contributed by atoms with E-state index in [1.807, 2.05) is 5.32 Å². The number of carbonyl (C=O) groups excluding carboxylic acids is 1. The summed E-state index contributed by atoms with van der Waals surface area (Å²) in [6.07, 6.45) is -4.41. The Morgan fingerprint density at radius 2 is 1.74 bits per heavy atom. The lowest BCUT2D eigenvalue weighted by Gasteiger charge is -2.19. The van der Waals surface area contributed by atoms with Crippen LogP contribution in [0.5, 0.6) is 11.5 Å². The van der Waals surface area contributed by atoms with Crippen LogP contribution in [-0.2, 0) is 17.6 Å². The second-order valence-electron chi connectivity index (χ2n) is 5.03. The monoisotopic (exact) mass is 335 g/mol. The van der Waals surface area contributed by atoms with Crippen molar-refractivity contribution in [1.82, 2.24) is 5.32 Å². The number of benzene rings is 1. The summed E-state index contributed by atoms with van der Waals surface area (Å²) in [5, 5.41) is 10.9. The van der Waals surface area contributed by atoms with E-state index in [-0.39, 0.29) is 13.0 Å². The molecule has 0 fully saturated rings. The Morgan fingerprint density at radius 3 is 2.22 bits per heavy atom. The first-order chi connectivity index (χ1) is 10.7. The van der Waals surface area contributed by atoms with Gasteiger partial charge in [0.25, 0.3) is 0 Å². The Hall–Kier alpha value is -1.96. The molecule has 0 aliphatic carbocycles.